The number of carbonyl (C=O) groups is 6. The van der Waals surface area contributed by atoms with Crippen LogP contribution in [0.5, 0.6) is 0 Å². The lowest BCUT2D eigenvalue weighted by molar-refractivity contribution is -0.132. The Morgan fingerprint density at radius 2 is 0.500 bits per heavy atom. The molecule has 2 aliphatic heterocycles. The fourth-order valence-electron chi connectivity index (χ4n) is 8.98. The van der Waals surface area contributed by atoms with Gasteiger partial charge >= 0.3 is 0 Å². The molecule has 1 aromatic carbocycles. The van der Waals surface area contributed by atoms with Crippen molar-refractivity contribution in [2.24, 2.45) is 0 Å². The Kier molecular flexibility index (Phi) is 26.3. The first kappa shape index (κ1) is 64.8. The topological polar surface area (TPSA) is 209 Å². The van der Waals surface area contributed by atoms with Gasteiger partial charge in [-0.15, -0.1) is 10.2 Å². The quantitative estimate of drug-likeness (QED) is 0.110. The zero-order chi connectivity index (χ0) is 58.5. The van der Waals surface area contributed by atoms with Crippen molar-refractivity contribution >= 4 is 35.4 Å². The molecule has 0 bridgehead atoms. The number of likely N-dealkylation sites (N-methyl/N-ethyl adjacent to an activating group) is 6. The lowest BCUT2D eigenvalue weighted by Crippen LogP contribution is -2.50. The van der Waals surface area contributed by atoms with Gasteiger partial charge in [-0.05, 0) is 11.1 Å². The van der Waals surface area contributed by atoms with Gasteiger partial charge in [0.2, 0.25) is 35.4 Å². The van der Waals surface area contributed by atoms with Crippen LogP contribution in [0.1, 0.15) is 22.5 Å². The Bertz CT molecular complexity index is 2170. The molecule has 446 valence electrons. The van der Waals surface area contributed by atoms with Crippen LogP contribution in [-0.4, -0.2) is 363 Å². The van der Waals surface area contributed by atoms with E-state index in [0.717, 1.165) is 22.5 Å². The summed E-state index contributed by atoms with van der Waals surface area (Å²) < 4.78 is 3.69. The van der Waals surface area contributed by atoms with Crippen LogP contribution >= 0.6 is 0 Å². The van der Waals surface area contributed by atoms with Crippen molar-refractivity contribution in [3.8, 4) is 0 Å². The van der Waals surface area contributed by atoms with E-state index < -0.39 is 0 Å². The predicted molar refractivity (Wildman–Crippen MR) is 306 cm³/mol. The summed E-state index contributed by atoms with van der Waals surface area (Å²) in [5, 5.41) is 18.2. The second kappa shape index (κ2) is 32.4. The molecule has 2 aromatic heterocycles. The molecule has 2 fully saturated rings. The molecule has 0 aliphatic carbocycles. The minimum absolute atomic E-state index is 0.00805. The lowest BCUT2D eigenvalue weighted by Gasteiger charge is -2.34. The molecule has 4 heterocycles. The molecule has 0 radical (unpaired) electrons. The summed E-state index contributed by atoms with van der Waals surface area (Å²) in [5.74, 6) is 0.0841. The van der Waals surface area contributed by atoms with Crippen molar-refractivity contribution in [3.05, 3.63) is 59.2 Å². The number of aromatic nitrogens is 6. The van der Waals surface area contributed by atoms with Gasteiger partial charge in [0.05, 0.1) is 76.1 Å². The van der Waals surface area contributed by atoms with Gasteiger partial charge in [0.1, 0.15) is 0 Å². The van der Waals surface area contributed by atoms with E-state index in [2.05, 4.69) is 84.1 Å². The molecule has 2 aliphatic rings. The van der Waals surface area contributed by atoms with Gasteiger partial charge in [0.25, 0.3) is 0 Å². The molecule has 2 saturated heterocycles. The van der Waals surface area contributed by atoms with E-state index in [0.29, 0.717) is 131 Å². The molecule has 0 atom stereocenters. The summed E-state index contributed by atoms with van der Waals surface area (Å²) in [6.45, 7) is 13.7. The fourth-order valence-corrected chi connectivity index (χ4v) is 8.98. The average molecular weight is 1120 g/mol. The van der Waals surface area contributed by atoms with Gasteiger partial charge in [0.15, 0.2) is 0 Å². The highest BCUT2D eigenvalue weighted by atomic mass is 16.2. The molecule has 80 heavy (non-hydrogen) atoms. The number of rotatable bonds is 20. The molecule has 0 unspecified atom stereocenters. The molecule has 0 saturated carbocycles. The first-order valence-electron chi connectivity index (χ1n) is 27.9. The maximum Gasteiger partial charge on any atom is 0.236 e. The SMILES string of the molecule is CN(C)C(=O)CN1CCN(CC(=O)N(C)C)CCN(Cc2cn(Cc3ccc(Cn4cc(CN5CCN(CC(=O)N(C)C)CCN(CC(=O)N(C)C)CCN(CC(=O)N(C)C)CC5)nn4)cc3)nn2)CCN(CC(=O)N(C)C)CC1. The van der Waals surface area contributed by atoms with Gasteiger partial charge in [-0.3, -0.25) is 68.0 Å². The van der Waals surface area contributed by atoms with Crippen LogP contribution in [0.4, 0.5) is 0 Å². The monoisotopic (exact) mass is 1120 g/mol. The third-order valence-electron chi connectivity index (χ3n) is 14.7. The predicted octanol–water partition coefficient (Wildman–Crippen LogP) is -3.06. The number of hydrogen-bond acceptors (Lipinski definition) is 18. The summed E-state index contributed by atoms with van der Waals surface area (Å²) in [4.78, 5) is 105. The van der Waals surface area contributed by atoms with Crippen molar-refractivity contribution in [3.63, 3.8) is 0 Å². The largest absolute Gasteiger partial charge is 0.348 e. The van der Waals surface area contributed by atoms with Crippen molar-refractivity contribution in [1.29, 1.82) is 0 Å². The van der Waals surface area contributed by atoms with Crippen LogP contribution in [0, 0.1) is 0 Å². The van der Waals surface area contributed by atoms with Crippen LogP contribution in [0.3, 0.4) is 0 Å². The maximum absolute atomic E-state index is 13.0. The Balaban J connectivity index is 1.22. The van der Waals surface area contributed by atoms with Gasteiger partial charge in [-0.2, -0.15) is 0 Å². The van der Waals surface area contributed by atoms with E-state index in [1.807, 2.05) is 21.8 Å². The molecule has 6 amide bonds. The van der Waals surface area contributed by atoms with Crippen LogP contribution in [0.2, 0.25) is 0 Å². The second-order valence-electron chi connectivity index (χ2n) is 22.6. The number of carbonyl (C=O) groups excluding carboxylic acids is 6. The molecular formula is C54H94N20O6. The van der Waals surface area contributed by atoms with Crippen LogP contribution < -0.4 is 0 Å². The van der Waals surface area contributed by atoms with Crippen LogP contribution in [-0.2, 0) is 54.9 Å². The van der Waals surface area contributed by atoms with Crippen molar-refractivity contribution < 1.29 is 28.8 Å². The number of benzene rings is 1. The Morgan fingerprint density at radius 3 is 0.688 bits per heavy atom. The van der Waals surface area contributed by atoms with E-state index in [1.54, 1.807) is 114 Å². The van der Waals surface area contributed by atoms with E-state index in [4.69, 9.17) is 0 Å². The minimum Gasteiger partial charge on any atom is -0.348 e. The Hall–Kier alpha value is -6.00. The van der Waals surface area contributed by atoms with Crippen molar-refractivity contribution in [2.45, 2.75) is 26.2 Å². The van der Waals surface area contributed by atoms with Crippen LogP contribution in [0.25, 0.3) is 0 Å². The average Bonchev–Trinajstić information content (AvgIpc) is 4.05. The molecule has 26 nitrogen and oxygen atoms in total. The van der Waals surface area contributed by atoms with E-state index in [9.17, 15) is 28.8 Å². The molecule has 3 aromatic rings. The Labute approximate surface area is 475 Å². The van der Waals surface area contributed by atoms with Gasteiger partial charge < -0.3 is 29.4 Å². The zero-order valence-corrected chi connectivity index (χ0v) is 50.2. The third kappa shape index (κ3) is 22.9. The lowest BCUT2D eigenvalue weighted by atomic mass is 10.1. The highest BCUT2D eigenvalue weighted by molar-refractivity contribution is 5.79. The van der Waals surface area contributed by atoms with Gasteiger partial charge in [-0.1, -0.05) is 34.7 Å². The number of hydrogen-bond donors (Lipinski definition) is 0. The highest BCUT2D eigenvalue weighted by Crippen LogP contribution is 2.12. The van der Waals surface area contributed by atoms with Crippen molar-refractivity contribution in [2.75, 3.05) is 229 Å². The number of nitrogens with zero attached hydrogens (tertiary/aromatic N) is 20. The fraction of sp³-hybridized carbons (Fsp3) is 0.704. The van der Waals surface area contributed by atoms with Crippen molar-refractivity contribution in [1.82, 2.24) is 98.6 Å². The summed E-state index contributed by atoms with van der Waals surface area (Å²) in [6, 6.07) is 8.35. The highest BCUT2D eigenvalue weighted by Gasteiger charge is 2.25. The molecule has 0 N–H and O–H groups in total. The second-order valence-corrected chi connectivity index (χ2v) is 22.6. The normalized spacial score (nSPS) is 17.4. The third-order valence-corrected chi connectivity index (χ3v) is 14.7. The van der Waals surface area contributed by atoms with E-state index >= 15 is 0 Å². The molecule has 26 heteroatoms. The smallest absolute Gasteiger partial charge is 0.236 e. The summed E-state index contributed by atoms with van der Waals surface area (Å²) in [7, 11) is 21.1. The van der Waals surface area contributed by atoms with E-state index in [-0.39, 0.29) is 74.7 Å². The first-order chi connectivity index (χ1) is 38.0. The standard InChI is InChI=1S/C54H94N20O6/c1-59(2)49(75)39-67-21-17-65(18-22-68(40-50(76)60(3)4)26-30-71(29-25-67)43-53(79)63(9)10)35-47-37-73(57-55-47)33-45-13-15-46(16-14-45)34-74-38-48(56-58-74)36-66-19-23-69(41-51(77)61(5)6)27-31-72(44-54(80)64(11)12)32-28-70(24-20-66)42-52(78)62(7)8/h13-16,37-38H,17-36,39-44H2,1-12H3. The number of amides is 6. The molecular weight excluding hydrogens is 1020 g/mol. The molecule has 5 rings (SSSR count). The zero-order valence-electron chi connectivity index (χ0n) is 50.2. The van der Waals surface area contributed by atoms with Gasteiger partial charge in [-0.25, -0.2) is 9.36 Å². The Morgan fingerprint density at radius 1 is 0.312 bits per heavy atom. The minimum atomic E-state index is 0.00805. The van der Waals surface area contributed by atoms with E-state index in [1.165, 1.54) is 0 Å². The maximum atomic E-state index is 13.0. The first-order valence-corrected chi connectivity index (χ1v) is 27.9. The van der Waals surface area contributed by atoms with Crippen LogP contribution in [0.15, 0.2) is 36.7 Å². The van der Waals surface area contributed by atoms with Gasteiger partial charge in [0, 0.05) is 202 Å². The molecule has 0 spiro atoms. The summed E-state index contributed by atoms with van der Waals surface area (Å²) in [6.07, 6.45) is 3.96. The summed E-state index contributed by atoms with van der Waals surface area (Å²) in [5.41, 5.74) is 3.76. The summed E-state index contributed by atoms with van der Waals surface area (Å²) >= 11 is 0.